The van der Waals surface area contributed by atoms with Gasteiger partial charge in [0, 0.05) is 35.6 Å². The Morgan fingerprint density at radius 3 is 2.67 bits per heavy atom. The van der Waals surface area contributed by atoms with Gasteiger partial charge in [-0.1, -0.05) is 19.9 Å². The van der Waals surface area contributed by atoms with Crippen molar-refractivity contribution in [3.8, 4) is 5.75 Å². The van der Waals surface area contributed by atoms with Crippen molar-refractivity contribution in [3.63, 3.8) is 0 Å². The number of aromatic nitrogens is 1. The number of carbonyl (C=O) groups excluding carboxylic acids is 1. The van der Waals surface area contributed by atoms with Crippen molar-refractivity contribution in [3.05, 3.63) is 29.5 Å². The highest BCUT2D eigenvalue weighted by atomic mass is 32.2. The van der Waals surface area contributed by atoms with Crippen LogP contribution in [0.3, 0.4) is 0 Å². The van der Waals surface area contributed by atoms with Crippen LogP contribution in [0.25, 0.3) is 10.9 Å². The first-order valence-corrected chi connectivity index (χ1v) is 13.5. The Hall–Kier alpha value is -2.06. The summed E-state index contributed by atoms with van der Waals surface area (Å²) in [7, 11) is -3.70. The van der Waals surface area contributed by atoms with Crippen LogP contribution in [-0.2, 0) is 14.9 Å². The van der Waals surface area contributed by atoms with Crippen LogP contribution in [0.2, 0.25) is 0 Å². The summed E-state index contributed by atoms with van der Waals surface area (Å²) in [6.07, 6.45) is 6.38. The molecule has 2 aliphatic rings. The third-order valence-electron chi connectivity index (χ3n) is 7.43. The Morgan fingerprint density at radius 2 is 2.00 bits per heavy atom. The van der Waals surface area contributed by atoms with Gasteiger partial charge in [0.15, 0.2) is 5.75 Å². The lowest BCUT2D eigenvalue weighted by Gasteiger charge is -2.56. The maximum Gasteiger partial charge on any atom is 0.306 e. The summed E-state index contributed by atoms with van der Waals surface area (Å²) in [6.45, 7) is 10.0. The van der Waals surface area contributed by atoms with Crippen molar-refractivity contribution >= 4 is 26.9 Å². The maximum atomic E-state index is 13.6. The lowest BCUT2D eigenvalue weighted by atomic mass is 9.61. The topological polar surface area (TPSA) is 99.7 Å². The molecular formula is C25H36N2O5S. The van der Waals surface area contributed by atoms with Crippen molar-refractivity contribution in [2.45, 2.75) is 90.3 Å². The summed E-state index contributed by atoms with van der Waals surface area (Å²) in [5.74, 6) is 0.253. The maximum absolute atomic E-state index is 13.6. The molecular weight excluding hydrogens is 440 g/mol. The van der Waals surface area contributed by atoms with Gasteiger partial charge in [0.1, 0.15) is 0 Å². The van der Waals surface area contributed by atoms with E-state index in [1.165, 1.54) is 0 Å². The van der Waals surface area contributed by atoms with Crippen LogP contribution in [0.1, 0.15) is 76.8 Å². The van der Waals surface area contributed by atoms with Crippen LogP contribution < -0.4 is 4.18 Å². The number of hydrogen-bond donors (Lipinski definition) is 2. The molecule has 33 heavy (non-hydrogen) atoms. The van der Waals surface area contributed by atoms with E-state index in [1.807, 2.05) is 44.0 Å². The lowest BCUT2D eigenvalue weighted by Crippen LogP contribution is -2.60. The Bertz CT molecular complexity index is 1180. The molecule has 1 saturated carbocycles. The summed E-state index contributed by atoms with van der Waals surface area (Å²) in [5.41, 5.74) is 1.67. The van der Waals surface area contributed by atoms with Crippen molar-refractivity contribution in [1.82, 2.24) is 9.88 Å². The predicted octanol–water partition coefficient (Wildman–Crippen LogP) is 4.24. The summed E-state index contributed by atoms with van der Waals surface area (Å²) >= 11 is 0. The highest BCUT2D eigenvalue weighted by Gasteiger charge is 2.50. The quantitative estimate of drug-likeness (QED) is 0.629. The number of carbonyl (C=O) groups is 1. The smallest absolute Gasteiger partial charge is 0.306 e. The second-order valence-electron chi connectivity index (χ2n) is 11.2. The zero-order chi connectivity index (χ0) is 24.3. The molecule has 182 valence electrons. The molecule has 1 amide bonds. The number of aromatic amines is 1. The lowest BCUT2D eigenvalue weighted by molar-refractivity contribution is -0.154. The van der Waals surface area contributed by atoms with Crippen LogP contribution in [0.15, 0.2) is 18.3 Å². The van der Waals surface area contributed by atoms with E-state index in [0.717, 1.165) is 42.2 Å². The van der Waals surface area contributed by atoms with E-state index in [9.17, 15) is 18.3 Å². The molecule has 0 spiro atoms. The molecule has 1 aliphatic carbocycles. The number of rotatable bonds is 5. The van der Waals surface area contributed by atoms with Crippen molar-refractivity contribution in [1.29, 1.82) is 0 Å². The molecule has 1 aliphatic heterocycles. The molecule has 2 N–H and O–H groups in total. The molecule has 5 atom stereocenters. The first-order chi connectivity index (χ1) is 15.2. The fourth-order valence-corrected chi connectivity index (χ4v) is 7.15. The van der Waals surface area contributed by atoms with E-state index in [0.29, 0.717) is 24.0 Å². The number of hydrogen-bond acceptors (Lipinski definition) is 5. The number of aliphatic hydroxyl groups is 1. The number of benzene rings is 1. The highest BCUT2D eigenvalue weighted by Crippen LogP contribution is 2.50. The van der Waals surface area contributed by atoms with Crippen molar-refractivity contribution in [2.24, 2.45) is 5.41 Å². The van der Waals surface area contributed by atoms with Gasteiger partial charge < -0.3 is 19.2 Å². The Labute approximate surface area is 196 Å². The monoisotopic (exact) mass is 476 g/mol. The minimum Gasteiger partial charge on any atom is -0.390 e. The van der Waals surface area contributed by atoms with E-state index in [-0.39, 0.29) is 29.3 Å². The van der Waals surface area contributed by atoms with Gasteiger partial charge in [0.05, 0.1) is 11.9 Å². The second kappa shape index (κ2) is 8.01. The van der Waals surface area contributed by atoms with Crippen molar-refractivity contribution in [2.75, 3.05) is 6.26 Å². The van der Waals surface area contributed by atoms with Gasteiger partial charge in [0.2, 0.25) is 5.91 Å². The molecule has 7 nitrogen and oxygen atoms in total. The molecule has 2 heterocycles. The SMILES string of the molecule is Cc1ccc2[nH]cc(C(C)CC(=O)N3C(C)CC4(C)CC3CC(C)(O)C4)c2c1OS(C)(=O)=O. The molecule has 2 bridgehead atoms. The zero-order valence-electron chi connectivity index (χ0n) is 20.4. The molecule has 1 aromatic heterocycles. The van der Waals surface area contributed by atoms with E-state index >= 15 is 0 Å². The number of nitrogens with zero attached hydrogens (tertiary/aromatic N) is 1. The first-order valence-electron chi connectivity index (χ1n) is 11.7. The number of aryl methyl sites for hydroxylation is 1. The van der Waals surface area contributed by atoms with Gasteiger partial charge in [-0.25, -0.2) is 0 Å². The van der Waals surface area contributed by atoms with Crippen LogP contribution in [0, 0.1) is 12.3 Å². The first kappa shape index (κ1) is 24.1. The van der Waals surface area contributed by atoms with Gasteiger partial charge in [-0.15, -0.1) is 0 Å². The molecule has 4 rings (SSSR count). The molecule has 2 aromatic rings. The van der Waals surface area contributed by atoms with E-state index < -0.39 is 15.7 Å². The van der Waals surface area contributed by atoms with Gasteiger partial charge in [-0.05, 0) is 75.0 Å². The van der Waals surface area contributed by atoms with Crippen LogP contribution in [-0.4, -0.2) is 53.3 Å². The highest BCUT2D eigenvalue weighted by molar-refractivity contribution is 7.86. The summed E-state index contributed by atoms with van der Waals surface area (Å²) in [5, 5.41) is 11.5. The minimum atomic E-state index is -3.70. The minimum absolute atomic E-state index is 0.0385. The standard InChI is InChI=1S/C25H36N2O5S/c1-15-7-8-20-22(23(15)32-33(6,30)31)19(13-26-20)16(2)9-21(28)27-17(3)10-24(4)11-18(27)12-25(5,29)14-24/h7-8,13,16-18,26,29H,9-12,14H2,1-6H3. The summed E-state index contributed by atoms with van der Waals surface area (Å²) < 4.78 is 29.1. The van der Waals surface area contributed by atoms with Gasteiger partial charge in [-0.2, -0.15) is 8.42 Å². The summed E-state index contributed by atoms with van der Waals surface area (Å²) in [6, 6.07) is 3.88. The third kappa shape index (κ3) is 4.78. The Morgan fingerprint density at radius 1 is 1.30 bits per heavy atom. The fraction of sp³-hybridized carbons (Fsp3) is 0.640. The number of likely N-dealkylation sites (tertiary alicyclic amines) is 1. The van der Waals surface area contributed by atoms with Crippen LogP contribution in [0.4, 0.5) is 0 Å². The van der Waals surface area contributed by atoms with Gasteiger partial charge in [0.25, 0.3) is 0 Å². The van der Waals surface area contributed by atoms with E-state index in [4.69, 9.17) is 4.18 Å². The Balaban J connectivity index is 1.62. The number of nitrogens with one attached hydrogen (secondary N) is 1. The molecule has 5 unspecified atom stereocenters. The zero-order valence-corrected chi connectivity index (χ0v) is 21.3. The summed E-state index contributed by atoms with van der Waals surface area (Å²) in [4.78, 5) is 18.8. The van der Waals surface area contributed by atoms with Gasteiger partial charge >= 0.3 is 10.1 Å². The number of amides is 1. The van der Waals surface area contributed by atoms with E-state index in [1.54, 1.807) is 0 Å². The number of fused-ring (bicyclic) bond motifs is 3. The second-order valence-corrected chi connectivity index (χ2v) is 12.7. The van der Waals surface area contributed by atoms with Crippen LogP contribution in [0.5, 0.6) is 5.75 Å². The van der Waals surface area contributed by atoms with Crippen LogP contribution >= 0.6 is 0 Å². The largest absolute Gasteiger partial charge is 0.390 e. The molecule has 8 heteroatoms. The third-order valence-corrected chi connectivity index (χ3v) is 7.90. The average molecular weight is 477 g/mol. The Kier molecular flexibility index (Phi) is 5.85. The molecule has 1 aromatic carbocycles. The molecule has 2 fully saturated rings. The average Bonchev–Trinajstić information content (AvgIpc) is 3.05. The predicted molar refractivity (Wildman–Crippen MR) is 129 cm³/mol. The van der Waals surface area contributed by atoms with Gasteiger partial charge in [-0.3, -0.25) is 4.79 Å². The normalized spacial score (nSPS) is 30.9. The molecule has 0 radical (unpaired) electrons. The fourth-order valence-electron chi connectivity index (χ4n) is 6.63. The molecule has 1 saturated heterocycles. The van der Waals surface area contributed by atoms with E-state index in [2.05, 4.69) is 18.8 Å². The number of H-pyrrole nitrogens is 1. The number of piperidine rings is 1. The van der Waals surface area contributed by atoms with Crippen molar-refractivity contribution < 1.29 is 22.5 Å².